The molecule has 1 heterocycles. The van der Waals surface area contributed by atoms with Crippen molar-refractivity contribution in [2.24, 2.45) is 0 Å². The second-order valence-corrected chi connectivity index (χ2v) is 6.04. The van der Waals surface area contributed by atoms with Crippen LogP contribution in [-0.4, -0.2) is 22.1 Å². The molecule has 1 aromatic heterocycles. The van der Waals surface area contributed by atoms with Crippen LogP contribution in [0.1, 0.15) is 54.7 Å². The smallest absolute Gasteiger partial charge is 0.272 e. The topological polar surface area (TPSA) is 66.9 Å². The number of benzene rings is 1. The first-order valence-corrected chi connectivity index (χ1v) is 8.18. The number of nitrogens with zero attached hydrogens (tertiary/aromatic N) is 2. The summed E-state index contributed by atoms with van der Waals surface area (Å²) in [6, 6.07) is 13.8. The lowest BCUT2D eigenvalue weighted by molar-refractivity contribution is 0.0934. The maximum atomic E-state index is 12.3. The van der Waals surface area contributed by atoms with E-state index >= 15 is 0 Å². The van der Waals surface area contributed by atoms with Gasteiger partial charge in [-0.3, -0.25) is 4.79 Å². The maximum absolute atomic E-state index is 12.3. The van der Waals surface area contributed by atoms with Crippen LogP contribution in [0.4, 0.5) is 5.82 Å². The molecule has 0 radical (unpaired) electrons. The normalized spacial score (nSPS) is 16.0. The number of hydrogen-bond acceptors (Lipinski definition) is 4. The molecule has 1 saturated carbocycles. The summed E-state index contributed by atoms with van der Waals surface area (Å²) in [5.41, 5.74) is 1.40. The first kappa shape index (κ1) is 15.5. The first-order valence-electron chi connectivity index (χ1n) is 8.18. The average molecular weight is 310 g/mol. The van der Waals surface area contributed by atoms with E-state index in [2.05, 4.69) is 20.8 Å². The van der Waals surface area contributed by atoms with Crippen LogP contribution in [0.5, 0.6) is 0 Å². The Morgan fingerprint density at radius 1 is 1.09 bits per heavy atom. The van der Waals surface area contributed by atoms with E-state index < -0.39 is 0 Å². The fourth-order valence-corrected chi connectivity index (χ4v) is 2.91. The molecular formula is C18H22N4O. The van der Waals surface area contributed by atoms with Crippen LogP contribution in [0.3, 0.4) is 0 Å². The highest BCUT2D eigenvalue weighted by molar-refractivity contribution is 5.92. The number of aromatic nitrogens is 2. The molecule has 0 aliphatic heterocycles. The highest BCUT2D eigenvalue weighted by Crippen LogP contribution is 2.21. The highest BCUT2D eigenvalue weighted by atomic mass is 16.2. The zero-order chi connectivity index (χ0) is 16.1. The van der Waals surface area contributed by atoms with Crippen LogP contribution in [0.25, 0.3) is 0 Å². The molecular weight excluding hydrogens is 288 g/mol. The molecule has 120 valence electrons. The number of rotatable bonds is 5. The molecule has 0 saturated heterocycles. The molecule has 1 unspecified atom stereocenters. The van der Waals surface area contributed by atoms with Crippen LogP contribution < -0.4 is 10.6 Å². The number of anilines is 1. The molecule has 2 N–H and O–H groups in total. The van der Waals surface area contributed by atoms with Gasteiger partial charge in [-0.25, -0.2) is 0 Å². The Kier molecular flexibility index (Phi) is 4.86. The molecule has 1 aliphatic rings. The van der Waals surface area contributed by atoms with Gasteiger partial charge < -0.3 is 10.6 Å². The highest BCUT2D eigenvalue weighted by Gasteiger charge is 2.16. The molecule has 23 heavy (non-hydrogen) atoms. The fourth-order valence-electron chi connectivity index (χ4n) is 2.91. The summed E-state index contributed by atoms with van der Waals surface area (Å²) < 4.78 is 0. The lowest BCUT2D eigenvalue weighted by atomic mass is 10.1. The third kappa shape index (κ3) is 4.06. The largest absolute Gasteiger partial charge is 0.366 e. The molecule has 5 heteroatoms. The molecule has 1 atom stereocenters. The van der Waals surface area contributed by atoms with Crippen LogP contribution in [0.2, 0.25) is 0 Å². The standard InChI is InChI=1S/C18H22N4O/c1-13(14-7-3-2-4-8-14)19-18(23)16-11-12-17(22-21-16)20-15-9-5-6-10-15/h2-4,7-8,11-13,15H,5-6,9-10H2,1H3,(H,19,23)(H,20,22). The summed E-state index contributed by atoms with van der Waals surface area (Å²) in [6.07, 6.45) is 4.89. The Hall–Kier alpha value is -2.43. The van der Waals surface area contributed by atoms with Crippen LogP contribution in [0, 0.1) is 0 Å². The lowest BCUT2D eigenvalue weighted by Crippen LogP contribution is -2.27. The van der Waals surface area contributed by atoms with Crippen LogP contribution >= 0.6 is 0 Å². The van der Waals surface area contributed by atoms with Crippen molar-refractivity contribution in [1.82, 2.24) is 15.5 Å². The molecule has 2 aromatic rings. The van der Waals surface area contributed by atoms with E-state index in [1.54, 1.807) is 6.07 Å². The molecule has 3 rings (SSSR count). The molecule has 0 bridgehead atoms. The van der Waals surface area contributed by atoms with Crippen molar-refractivity contribution in [3.05, 3.63) is 53.7 Å². The van der Waals surface area contributed by atoms with Crippen molar-refractivity contribution in [3.63, 3.8) is 0 Å². The van der Waals surface area contributed by atoms with Gasteiger partial charge in [0, 0.05) is 6.04 Å². The fraction of sp³-hybridized carbons (Fsp3) is 0.389. The van der Waals surface area contributed by atoms with Gasteiger partial charge in [0.05, 0.1) is 6.04 Å². The quantitative estimate of drug-likeness (QED) is 0.889. The van der Waals surface area contributed by atoms with Gasteiger partial charge in [0.25, 0.3) is 5.91 Å². The Morgan fingerprint density at radius 3 is 2.48 bits per heavy atom. The zero-order valence-corrected chi connectivity index (χ0v) is 13.3. The van der Waals surface area contributed by atoms with Crippen LogP contribution in [0.15, 0.2) is 42.5 Å². The van der Waals surface area contributed by atoms with E-state index in [9.17, 15) is 4.79 Å². The average Bonchev–Trinajstić information content (AvgIpc) is 3.09. The van der Waals surface area contributed by atoms with E-state index in [4.69, 9.17) is 0 Å². The minimum Gasteiger partial charge on any atom is -0.366 e. The van der Waals surface area contributed by atoms with E-state index in [1.165, 1.54) is 25.7 Å². The summed E-state index contributed by atoms with van der Waals surface area (Å²) >= 11 is 0. The second kappa shape index (κ2) is 7.22. The van der Waals surface area contributed by atoms with E-state index in [-0.39, 0.29) is 11.9 Å². The van der Waals surface area contributed by atoms with Gasteiger partial charge in [-0.1, -0.05) is 43.2 Å². The minimum absolute atomic E-state index is 0.0678. The molecule has 1 amide bonds. The van der Waals surface area contributed by atoms with Crippen molar-refractivity contribution in [2.45, 2.75) is 44.7 Å². The summed E-state index contributed by atoms with van der Waals surface area (Å²) in [5, 5.41) is 14.5. The second-order valence-electron chi connectivity index (χ2n) is 6.04. The van der Waals surface area contributed by atoms with E-state index in [0.717, 1.165) is 11.4 Å². The van der Waals surface area contributed by atoms with Gasteiger partial charge in [-0.15, -0.1) is 10.2 Å². The Bertz CT molecular complexity index is 636. The van der Waals surface area contributed by atoms with E-state index in [0.29, 0.717) is 11.7 Å². The third-order valence-electron chi connectivity index (χ3n) is 4.25. The van der Waals surface area contributed by atoms with Gasteiger partial charge in [0.15, 0.2) is 5.69 Å². The summed E-state index contributed by atoms with van der Waals surface area (Å²) in [6.45, 7) is 1.96. The zero-order valence-electron chi connectivity index (χ0n) is 13.3. The SMILES string of the molecule is CC(NC(=O)c1ccc(NC2CCCC2)nn1)c1ccccc1. The molecule has 1 aliphatic carbocycles. The van der Waals surface area contributed by atoms with Crippen molar-refractivity contribution < 1.29 is 4.79 Å². The van der Waals surface area contributed by atoms with Crippen molar-refractivity contribution in [3.8, 4) is 0 Å². The molecule has 5 nitrogen and oxygen atoms in total. The number of carbonyl (C=O) groups excluding carboxylic acids is 1. The number of nitrogens with one attached hydrogen (secondary N) is 2. The van der Waals surface area contributed by atoms with Crippen molar-refractivity contribution >= 4 is 11.7 Å². The summed E-state index contributed by atoms with van der Waals surface area (Å²) in [7, 11) is 0. The van der Waals surface area contributed by atoms with Gasteiger partial charge >= 0.3 is 0 Å². The Balaban J connectivity index is 1.59. The third-order valence-corrected chi connectivity index (χ3v) is 4.25. The van der Waals surface area contributed by atoms with Gasteiger partial charge in [-0.2, -0.15) is 0 Å². The Labute approximate surface area is 136 Å². The van der Waals surface area contributed by atoms with Crippen molar-refractivity contribution in [2.75, 3.05) is 5.32 Å². The molecule has 1 aromatic carbocycles. The van der Waals surface area contributed by atoms with Gasteiger partial charge in [0.1, 0.15) is 5.82 Å². The Morgan fingerprint density at radius 2 is 1.83 bits per heavy atom. The van der Waals surface area contributed by atoms with E-state index in [1.807, 2.05) is 43.3 Å². The lowest BCUT2D eigenvalue weighted by Gasteiger charge is -2.14. The predicted molar refractivity (Wildman–Crippen MR) is 90.2 cm³/mol. The summed E-state index contributed by atoms with van der Waals surface area (Å²) in [4.78, 5) is 12.3. The summed E-state index contributed by atoms with van der Waals surface area (Å²) in [5.74, 6) is 0.533. The number of hydrogen-bond donors (Lipinski definition) is 2. The first-order chi connectivity index (χ1) is 11.2. The molecule has 0 spiro atoms. The number of carbonyl (C=O) groups is 1. The van der Waals surface area contributed by atoms with Crippen LogP contribution in [-0.2, 0) is 0 Å². The minimum atomic E-state index is -0.207. The van der Waals surface area contributed by atoms with Gasteiger partial charge in [-0.05, 0) is 37.5 Å². The molecule has 1 fully saturated rings. The van der Waals surface area contributed by atoms with Crippen molar-refractivity contribution in [1.29, 1.82) is 0 Å². The van der Waals surface area contributed by atoms with Gasteiger partial charge in [0.2, 0.25) is 0 Å². The maximum Gasteiger partial charge on any atom is 0.272 e. The predicted octanol–water partition coefficient (Wildman–Crippen LogP) is 3.32. The monoisotopic (exact) mass is 310 g/mol. The number of amides is 1.